The van der Waals surface area contributed by atoms with E-state index < -0.39 is 5.91 Å². The topological polar surface area (TPSA) is 108 Å². The number of benzene rings is 3. The molecule has 7 heteroatoms. The monoisotopic (exact) mass is 412 g/mol. The van der Waals surface area contributed by atoms with Crippen LogP contribution in [-0.4, -0.2) is 11.8 Å². The Morgan fingerprint density at radius 3 is 2.29 bits per heavy atom. The number of nitrogens with two attached hydrogens (primary N) is 1. The highest BCUT2D eigenvalue weighted by atomic mass is 16.5. The number of anilines is 3. The highest BCUT2D eigenvalue weighted by molar-refractivity contribution is 6.08. The first-order valence-electron chi connectivity index (χ1n) is 9.38. The van der Waals surface area contributed by atoms with Gasteiger partial charge in [0.05, 0.1) is 5.69 Å². The molecule has 3 aromatic rings. The average molecular weight is 412 g/mol. The molecule has 0 spiro atoms. The number of carbonyl (C=O) groups excluding carboxylic acids is 2. The molecule has 0 aliphatic carbocycles. The van der Waals surface area contributed by atoms with Crippen molar-refractivity contribution in [2.75, 3.05) is 16.0 Å². The van der Waals surface area contributed by atoms with Gasteiger partial charge in [-0.15, -0.1) is 0 Å². The lowest BCUT2D eigenvalue weighted by atomic mass is 10.2. The summed E-state index contributed by atoms with van der Waals surface area (Å²) < 4.78 is 5.71. The van der Waals surface area contributed by atoms with Gasteiger partial charge < -0.3 is 15.8 Å². The fourth-order valence-electron chi connectivity index (χ4n) is 2.72. The molecule has 2 amide bonds. The molecule has 31 heavy (non-hydrogen) atoms. The predicted molar refractivity (Wildman–Crippen MR) is 119 cm³/mol. The third kappa shape index (κ3) is 5.71. The molecule has 3 rings (SSSR count). The zero-order chi connectivity index (χ0) is 22.2. The Kier molecular flexibility index (Phi) is 6.66. The quantitative estimate of drug-likeness (QED) is 0.353. The van der Waals surface area contributed by atoms with Crippen molar-refractivity contribution in [3.63, 3.8) is 0 Å². The molecule has 0 bridgehead atoms. The normalized spacial score (nSPS) is 10.6. The zero-order valence-electron chi connectivity index (χ0n) is 16.8. The number of hydrogen-bond acceptors (Lipinski definition) is 5. The summed E-state index contributed by atoms with van der Waals surface area (Å²) in [5.41, 5.74) is 6.92. The molecule has 0 saturated carbocycles. The van der Waals surface area contributed by atoms with Crippen LogP contribution in [-0.2, 0) is 9.59 Å². The van der Waals surface area contributed by atoms with Crippen molar-refractivity contribution in [2.45, 2.75) is 6.92 Å². The maximum atomic E-state index is 12.6. The third-order valence-corrected chi connectivity index (χ3v) is 4.20. The lowest BCUT2D eigenvalue weighted by molar-refractivity contribution is -0.116. The number of rotatable bonds is 6. The Morgan fingerprint density at radius 2 is 1.68 bits per heavy atom. The molecule has 0 radical (unpaired) electrons. The van der Waals surface area contributed by atoms with Gasteiger partial charge in [-0.05, 0) is 54.6 Å². The third-order valence-electron chi connectivity index (χ3n) is 4.20. The molecule has 0 saturated heterocycles. The van der Waals surface area contributed by atoms with Gasteiger partial charge in [0.15, 0.2) is 0 Å². The number of hydrogen-bond donors (Lipinski definition) is 2. The van der Waals surface area contributed by atoms with Gasteiger partial charge in [-0.2, -0.15) is 5.26 Å². The van der Waals surface area contributed by atoms with E-state index >= 15 is 0 Å². The van der Waals surface area contributed by atoms with E-state index in [1.165, 1.54) is 18.0 Å². The Balaban J connectivity index is 1.74. The van der Waals surface area contributed by atoms with Gasteiger partial charge in [0.25, 0.3) is 5.91 Å². The van der Waals surface area contributed by atoms with Crippen molar-refractivity contribution in [1.82, 2.24) is 0 Å². The Bertz CT molecular complexity index is 1150. The van der Waals surface area contributed by atoms with Crippen molar-refractivity contribution in [3.05, 3.63) is 90.6 Å². The van der Waals surface area contributed by atoms with E-state index in [9.17, 15) is 14.9 Å². The molecule has 0 atom stereocenters. The van der Waals surface area contributed by atoms with Crippen molar-refractivity contribution in [2.24, 2.45) is 0 Å². The molecule has 0 unspecified atom stereocenters. The average Bonchev–Trinajstić information content (AvgIpc) is 2.76. The summed E-state index contributed by atoms with van der Waals surface area (Å²) in [5, 5.41) is 12.1. The molecule has 0 aliphatic rings. The molecule has 0 aliphatic heterocycles. The number of carbonyl (C=O) groups is 2. The molecule has 3 N–H and O–H groups in total. The molecule has 3 aromatic carbocycles. The highest BCUT2D eigenvalue weighted by Crippen LogP contribution is 2.23. The summed E-state index contributed by atoms with van der Waals surface area (Å²) in [6, 6.07) is 24.4. The lowest BCUT2D eigenvalue weighted by Gasteiger charge is -2.17. The van der Waals surface area contributed by atoms with E-state index in [1.54, 1.807) is 48.5 Å². The second kappa shape index (κ2) is 9.76. The smallest absolute Gasteiger partial charge is 0.267 e. The van der Waals surface area contributed by atoms with Crippen molar-refractivity contribution in [3.8, 4) is 17.6 Å². The predicted octanol–water partition coefficient (Wildman–Crippen LogP) is 4.46. The minimum atomic E-state index is -0.644. The summed E-state index contributed by atoms with van der Waals surface area (Å²) in [6.45, 7) is 1.33. The van der Waals surface area contributed by atoms with Crippen LogP contribution in [0, 0.1) is 11.3 Å². The summed E-state index contributed by atoms with van der Waals surface area (Å²) in [4.78, 5) is 25.8. The lowest BCUT2D eigenvalue weighted by Crippen LogP contribution is -2.25. The fraction of sp³-hybridized carbons (Fsp3) is 0.0417. The standard InChI is InChI=1S/C24H20N4O3/c1-17(29)28(21-7-5-6-19(26)14-21)16-18(15-25)24(30)27-20-10-12-23(13-11-20)31-22-8-3-2-4-9-22/h2-14,16H,26H2,1H3,(H,27,30)/b18-16-. The molecular formula is C24H20N4O3. The molecule has 0 heterocycles. The first-order valence-corrected chi connectivity index (χ1v) is 9.38. The van der Waals surface area contributed by atoms with Crippen LogP contribution in [0.5, 0.6) is 11.5 Å². The molecule has 0 aromatic heterocycles. The van der Waals surface area contributed by atoms with E-state index in [0.29, 0.717) is 28.6 Å². The van der Waals surface area contributed by atoms with Crippen LogP contribution in [0.25, 0.3) is 0 Å². The second-order valence-corrected chi connectivity index (χ2v) is 6.53. The van der Waals surface area contributed by atoms with Crippen LogP contribution < -0.4 is 20.7 Å². The van der Waals surface area contributed by atoms with Crippen LogP contribution in [0.2, 0.25) is 0 Å². The molecular weight excluding hydrogens is 392 g/mol. The van der Waals surface area contributed by atoms with Gasteiger partial charge in [0.2, 0.25) is 5.91 Å². The Morgan fingerprint density at radius 1 is 1.00 bits per heavy atom. The number of para-hydroxylation sites is 1. The SMILES string of the molecule is CC(=O)N(/C=C(/C#N)C(=O)Nc1ccc(Oc2ccccc2)cc1)c1cccc(N)c1. The maximum absolute atomic E-state index is 12.6. The van der Waals surface area contributed by atoms with Crippen molar-refractivity contribution in [1.29, 1.82) is 5.26 Å². The molecule has 154 valence electrons. The van der Waals surface area contributed by atoms with E-state index in [4.69, 9.17) is 10.5 Å². The van der Waals surface area contributed by atoms with Gasteiger partial charge >= 0.3 is 0 Å². The van der Waals surface area contributed by atoms with Crippen LogP contribution in [0.4, 0.5) is 17.1 Å². The molecule has 7 nitrogen and oxygen atoms in total. The van der Waals surface area contributed by atoms with Crippen LogP contribution in [0.3, 0.4) is 0 Å². The fourth-order valence-corrected chi connectivity index (χ4v) is 2.72. The first-order chi connectivity index (χ1) is 15.0. The number of nitrogen functional groups attached to an aromatic ring is 1. The summed E-state index contributed by atoms with van der Waals surface area (Å²) in [7, 11) is 0. The second-order valence-electron chi connectivity index (χ2n) is 6.53. The van der Waals surface area contributed by atoms with Gasteiger partial charge in [-0.3, -0.25) is 14.5 Å². The number of nitrogens with zero attached hydrogens (tertiary/aromatic N) is 2. The number of amides is 2. The van der Waals surface area contributed by atoms with Crippen LogP contribution in [0.1, 0.15) is 6.92 Å². The van der Waals surface area contributed by atoms with Gasteiger partial charge in [0.1, 0.15) is 23.1 Å². The molecule has 0 fully saturated rings. The van der Waals surface area contributed by atoms with Crippen molar-refractivity contribution >= 4 is 28.9 Å². The number of ether oxygens (including phenoxy) is 1. The van der Waals surface area contributed by atoms with E-state index in [1.807, 2.05) is 36.4 Å². The summed E-state index contributed by atoms with van der Waals surface area (Å²) >= 11 is 0. The Labute approximate surface area is 180 Å². The van der Waals surface area contributed by atoms with Crippen molar-refractivity contribution < 1.29 is 14.3 Å². The van der Waals surface area contributed by atoms with E-state index in [2.05, 4.69) is 5.32 Å². The first kappa shape index (κ1) is 21.1. The van der Waals surface area contributed by atoms with Crippen LogP contribution >= 0.6 is 0 Å². The number of nitriles is 1. The summed E-state index contributed by atoms with van der Waals surface area (Å²) in [5.74, 6) is 0.285. The van der Waals surface area contributed by atoms with E-state index in [-0.39, 0.29) is 11.5 Å². The van der Waals surface area contributed by atoms with Gasteiger partial charge in [-0.25, -0.2) is 0 Å². The number of nitrogens with one attached hydrogen (secondary N) is 1. The van der Waals surface area contributed by atoms with E-state index in [0.717, 1.165) is 0 Å². The van der Waals surface area contributed by atoms with Gasteiger partial charge in [0, 0.05) is 24.5 Å². The minimum absolute atomic E-state index is 0.234. The minimum Gasteiger partial charge on any atom is -0.457 e. The largest absolute Gasteiger partial charge is 0.457 e. The maximum Gasteiger partial charge on any atom is 0.267 e. The van der Waals surface area contributed by atoms with Gasteiger partial charge in [-0.1, -0.05) is 24.3 Å². The zero-order valence-corrected chi connectivity index (χ0v) is 16.8. The summed E-state index contributed by atoms with van der Waals surface area (Å²) in [6.07, 6.45) is 1.19. The Hall–Kier alpha value is -4.57. The van der Waals surface area contributed by atoms with Crippen LogP contribution in [0.15, 0.2) is 90.6 Å². The highest BCUT2D eigenvalue weighted by Gasteiger charge is 2.16.